The summed E-state index contributed by atoms with van der Waals surface area (Å²) in [7, 11) is 0. The van der Waals surface area contributed by atoms with E-state index in [9.17, 15) is 9.59 Å². The van der Waals surface area contributed by atoms with Gasteiger partial charge in [-0.2, -0.15) is 0 Å². The second-order valence-electron chi connectivity index (χ2n) is 7.10. The van der Waals surface area contributed by atoms with Crippen molar-refractivity contribution in [1.29, 1.82) is 0 Å². The molecule has 1 fully saturated rings. The third kappa shape index (κ3) is 6.29. The van der Waals surface area contributed by atoms with Gasteiger partial charge in [0.05, 0.1) is 12.6 Å². The second kappa shape index (κ2) is 8.26. The molecule has 0 saturated carbocycles. The van der Waals surface area contributed by atoms with Crippen molar-refractivity contribution in [2.24, 2.45) is 0 Å². The van der Waals surface area contributed by atoms with E-state index < -0.39 is 0 Å². The van der Waals surface area contributed by atoms with Gasteiger partial charge in [0.15, 0.2) is 0 Å². The first-order valence-electron chi connectivity index (χ1n) is 8.38. The summed E-state index contributed by atoms with van der Waals surface area (Å²) in [5.74, 6) is -0.295. The molecule has 1 aromatic rings. The minimum atomic E-state index is -0.303. The number of hydrogen-bond donors (Lipinski definition) is 3. The zero-order valence-corrected chi connectivity index (χ0v) is 14.6. The van der Waals surface area contributed by atoms with Crippen LogP contribution in [0.15, 0.2) is 24.3 Å². The first-order chi connectivity index (χ1) is 11.3. The molecule has 1 aliphatic rings. The number of ether oxygens (including phenoxy) is 1. The Hall–Kier alpha value is -1.92. The topological polar surface area (TPSA) is 79.5 Å². The van der Waals surface area contributed by atoms with E-state index in [1.54, 1.807) is 24.3 Å². The SMILES string of the molecule is CC(C)(C)NC(=O)c1cccc(NC(=O)CNCC2CCCO2)c1. The van der Waals surface area contributed by atoms with Crippen molar-refractivity contribution in [3.05, 3.63) is 29.8 Å². The molecule has 24 heavy (non-hydrogen) atoms. The lowest BCUT2D eigenvalue weighted by Crippen LogP contribution is -2.40. The molecule has 2 amide bonds. The Kier molecular flexibility index (Phi) is 6.34. The standard InChI is InChI=1S/C18H27N3O3/c1-18(2,3)21-17(23)13-6-4-7-14(10-13)20-16(22)12-19-11-15-8-5-9-24-15/h4,6-7,10,15,19H,5,8-9,11-12H2,1-3H3,(H,20,22)(H,21,23). The van der Waals surface area contributed by atoms with E-state index >= 15 is 0 Å². The number of rotatable bonds is 6. The van der Waals surface area contributed by atoms with E-state index in [2.05, 4.69) is 16.0 Å². The quantitative estimate of drug-likeness (QED) is 0.743. The van der Waals surface area contributed by atoms with E-state index in [0.29, 0.717) is 17.8 Å². The maximum Gasteiger partial charge on any atom is 0.251 e. The van der Waals surface area contributed by atoms with Crippen molar-refractivity contribution in [3.8, 4) is 0 Å². The van der Waals surface area contributed by atoms with Gasteiger partial charge in [-0.15, -0.1) is 0 Å². The monoisotopic (exact) mass is 333 g/mol. The van der Waals surface area contributed by atoms with Crippen LogP contribution in [0.1, 0.15) is 44.0 Å². The smallest absolute Gasteiger partial charge is 0.251 e. The lowest BCUT2D eigenvalue weighted by molar-refractivity contribution is -0.115. The van der Waals surface area contributed by atoms with Gasteiger partial charge < -0.3 is 20.7 Å². The Bertz CT molecular complexity index is 575. The average molecular weight is 333 g/mol. The van der Waals surface area contributed by atoms with Crippen LogP contribution in [0, 0.1) is 0 Å². The minimum absolute atomic E-state index is 0.138. The summed E-state index contributed by atoms with van der Waals surface area (Å²) in [5, 5.41) is 8.81. The molecule has 2 rings (SSSR count). The fourth-order valence-electron chi connectivity index (χ4n) is 2.51. The highest BCUT2D eigenvalue weighted by atomic mass is 16.5. The van der Waals surface area contributed by atoms with Crippen LogP contribution < -0.4 is 16.0 Å². The molecular formula is C18H27N3O3. The molecule has 1 unspecified atom stereocenters. The van der Waals surface area contributed by atoms with Crippen molar-refractivity contribution in [2.75, 3.05) is 25.0 Å². The molecule has 1 aliphatic heterocycles. The van der Waals surface area contributed by atoms with E-state index in [0.717, 1.165) is 19.4 Å². The Morgan fingerprint density at radius 1 is 1.29 bits per heavy atom. The Labute approximate surface area is 143 Å². The van der Waals surface area contributed by atoms with Crippen molar-refractivity contribution >= 4 is 17.5 Å². The van der Waals surface area contributed by atoms with Crippen LogP contribution in [-0.2, 0) is 9.53 Å². The fraction of sp³-hybridized carbons (Fsp3) is 0.556. The molecule has 3 N–H and O–H groups in total. The van der Waals surface area contributed by atoms with Gasteiger partial charge in [-0.3, -0.25) is 9.59 Å². The second-order valence-corrected chi connectivity index (χ2v) is 7.10. The lowest BCUT2D eigenvalue weighted by Gasteiger charge is -2.20. The first kappa shape index (κ1) is 18.4. The highest BCUT2D eigenvalue weighted by Crippen LogP contribution is 2.12. The number of nitrogens with one attached hydrogen (secondary N) is 3. The number of hydrogen-bond acceptors (Lipinski definition) is 4. The van der Waals surface area contributed by atoms with E-state index in [-0.39, 0.29) is 30.0 Å². The van der Waals surface area contributed by atoms with Crippen LogP contribution in [-0.4, -0.2) is 43.2 Å². The summed E-state index contributed by atoms with van der Waals surface area (Å²) in [6, 6.07) is 6.93. The molecule has 0 aliphatic carbocycles. The molecule has 0 aromatic heterocycles. The summed E-state index contributed by atoms with van der Waals surface area (Å²) < 4.78 is 5.50. The van der Waals surface area contributed by atoms with Gasteiger partial charge in [-0.05, 0) is 51.8 Å². The summed E-state index contributed by atoms with van der Waals surface area (Å²) >= 11 is 0. The highest BCUT2D eigenvalue weighted by Gasteiger charge is 2.16. The molecule has 1 aromatic carbocycles. The van der Waals surface area contributed by atoms with Crippen LogP contribution in [0.3, 0.4) is 0 Å². The van der Waals surface area contributed by atoms with E-state index in [1.807, 2.05) is 20.8 Å². The van der Waals surface area contributed by atoms with Crippen LogP contribution in [0.2, 0.25) is 0 Å². The molecule has 1 heterocycles. The third-order valence-corrected chi connectivity index (χ3v) is 3.58. The summed E-state index contributed by atoms with van der Waals surface area (Å²) in [6.07, 6.45) is 2.34. The maximum atomic E-state index is 12.2. The minimum Gasteiger partial charge on any atom is -0.377 e. The summed E-state index contributed by atoms with van der Waals surface area (Å²) in [5.41, 5.74) is 0.832. The molecular weight excluding hydrogens is 306 g/mol. The highest BCUT2D eigenvalue weighted by molar-refractivity contribution is 5.97. The molecule has 0 bridgehead atoms. The van der Waals surface area contributed by atoms with Gasteiger partial charge in [0.25, 0.3) is 5.91 Å². The van der Waals surface area contributed by atoms with E-state index in [4.69, 9.17) is 4.74 Å². The maximum absolute atomic E-state index is 12.2. The van der Waals surface area contributed by atoms with Crippen LogP contribution >= 0.6 is 0 Å². The molecule has 1 saturated heterocycles. The first-order valence-corrected chi connectivity index (χ1v) is 8.38. The van der Waals surface area contributed by atoms with E-state index in [1.165, 1.54) is 0 Å². The summed E-state index contributed by atoms with van der Waals surface area (Å²) in [6.45, 7) is 7.49. The number of anilines is 1. The molecule has 6 nitrogen and oxygen atoms in total. The number of amides is 2. The van der Waals surface area contributed by atoms with Gasteiger partial charge >= 0.3 is 0 Å². The van der Waals surface area contributed by atoms with Gasteiger partial charge in [-0.1, -0.05) is 6.07 Å². The van der Waals surface area contributed by atoms with Crippen LogP contribution in [0.25, 0.3) is 0 Å². The Morgan fingerprint density at radius 3 is 2.75 bits per heavy atom. The third-order valence-electron chi connectivity index (χ3n) is 3.58. The average Bonchev–Trinajstić information content (AvgIpc) is 2.99. The van der Waals surface area contributed by atoms with Gasteiger partial charge in [-0.25, -0.2) is 0 Å². The lowest BCUT2D eigenvalue weighted by atomic mass is 10.1. The van der Waals surface area contributed by atoms with Gasteiger partial charge in [0, 0.05) is 29.9 Å². The Balaban J connectivity index is 1.82. The molecule has 0 spiro atoms. The van der Waals surface area contributed by atoms with Crippen LogP contribution in [0.4, 0.5) is 5.69 Å². The van der Waals surface area contributed by atoms with Crippen molar-refractivity contribution in [2.45, 2.75) is 45.3 Å². The molecule has 1 atom stereocenters. The molecule has 132 valence electrons. The predicted molar refractivity (Wildman–Crippen MR) is 94.1 cm³/mol. The Morgan fingerprint density at radius 2 is 2.08 bits per heavy atom. The van der Waals surface area contributed by atoms with Gasteiger partial charge in [0.2, 0.25) is 5.91 Å². The zero-order valence-electron chi connectivity index (χ0n) is 14.6. The number of carbonyl (C=O) groups excluding carboxylic acids is 2. The molecule has 0 radical (unpaired) electrons. The van der Waals surface area contributed by atoms with Crippen molar-refractivity contribution < 1.29 is 14.3 Å². The number of benzene rings is 1. The van der Waals surface area contributed by atoms with Crippen LogP contribution in [0.5, 0.6) is 0 Å². The largest absolute Gasteiger partial charge is 0.377 e. The van der Waals surface area contributed by atoms with Gasteiger partial charge in [0.1, 0.15) is 0 Å². The predicted octanol–water partition coefficient (Wildman–Crippen LogP) is 1.92. The number of carbonyl (C=O) groups is 2. The van der Waals surface area contributed by atoms with Crippen molar-refractivity contribution in [3.63, 3.8) is 0 Å². The van der Waals surface area contributed by atoms with Crippen molar-refractivity contribution in [1.82, 2.24) is 10.6 Å². The zero-order chi connectivity index (χ0) is 17.6. The fourth-order valence-corrected chi connectivity index (χ4v) is 2.51. The molecule has 6 heteroatoms. The summed E-state index contributed by atoms with van der Waals surface area (Å²) in [4.78, 5) is 24.1. The normalized spacial score (nSPS) is 17.5.